The average Bonchev–Trinajstić information content (AvgIpc) is 2.87. The maximum absolute atomic E-state index is 13.8. The standard InChI is InChI=1S/C13H12BrClF2N2/c1-2-11(15)8-5-18-19(6-8)7-9-12(16)4-3-10(14)13(9)17/h3-6,11H,2,7H2,1H3. The number of hydrogen-bond donors (Lipinski definition) is 0. The van der Waals surface area contributed by atoms with Crippen molar-refractivity contribution in [2.24, 2.45) is 0 Å². The first-order valence-corrected chi connectivity index (χ1v) is 7.04. The molecular formula is C13H12BrClF2N2. The lowest BCUT2D eigenvalue weighted by molar-refractivity contribution is 0.529. The summed E-state index contributed by atoms with van der Waals surface area (Å²) in [6.07, 6.45) is 4.10. The van der Waals surface area contributed by atoms with E-state index < -0.39 is 11.6 Å². The Morgan fingerprint density at radius 3 is 2.84 bits per heavy atom. The van der Waals surface area contributed by atoms with Crippen LogP contribution in [0.1, 0.15) is 29.8 Å². The van der Waals surface area contributed by atoms with Crippen LogP contribution in [0.2, 0.25) is 0 Å². The van der Waals surface area contributed by atoms with Gasteiger partial charge >= 0.3 is 0 Å². The Labute approximate surface area is 123 Å². The van der Waals surface area contributed by atoms with Crippen molar-refractivity contribution in [1.29, 1.82) is 0 Å². The smallest absolute Gasteiger partial charge is 0.145 e. The van der Waals surface area contributed by atoms with Gasteiger partial charge in [-0.25, -0.2) is 8.78 Å². The van der Waals surface area contributed by atoms with E-state index in [9.17, 15) is 8.78 Å². The highest BCUT2D eigenvalue weighted by Crippen LogP contribution is 2.25. The molecule has 1 aromatic carbocycles. The summed E-state index contributed by atoms with van der Waals surface area (Å²) in [4.78, 5) is 0. The van der Waals surface area contributed by atoms with E-state index in [-0.39, 0.29) is 22.0 Å². The second-order valence-electron chi connectivity index (χ2n) is 4.17. The average molecular weight is 350 g/mol. The number of nitrogens with zero attached hydrogens (tertiary/aromatic N) is 2. The largest absolute Gasteiger partial charge is 0.268 e. The molecule has 102 valence electrons. The van der Waals surface area contributed by atoms with Crippen molar-refractivity contribution in [2.75, 3.05) is 0 Å². The molecule has 0 radical (unpaired) electrons. The van der Waals surface area contributed by atoms with E-state index in [2.05, 4.69) is 21.0 Å². The van der Waals surface area contributed by atoms with E-state index in [1.807, 2.05) is 6.92 Å². The molecule has 0 amide bonds. The summed E-state index contributed by atoms with van der Waals surface area (Å²) in [6.45, 7) is 1.99. The van der Waals surface area contributed by atoms with Crippen LogP contribution in [0, 0.1) is 11.6 Å². The Morgan fingerprint density at radius 2 is 2.16 bits per heavy atom. The van der Waals surface area contributed by atoms with Crippen LogP contribution in [-0.4, -0.2) is 9.78 Å². The zero-order valence-electron chi connectivity index (χ0n) is 10.2. The van der Waals surface area contributed by atoms with Gasteiger partial charge in [0.1, 0.15) is 11.6 Å². The fourth-order valence-corrected chi connectivity index (χ4v) is 2.22. The molecule has 2 nitrogen and oxygen atoms in total. The van der Waals surface area contributed by atoms with Crippen molar-refractivity contribution in [3.63, 3.8) is 0 Å². The van der Waals surface area contributed by atoms with Crippen molar-refractivity contribution >= 4 is 27.5 Å². The Kier molecular flexibility index (Phi) is 4.58. The van der Waals surface area contributed by atoms with Crippen LogP contribution >= 0.6 is 27.5 Å². The Bertz CT molecular complexity index is 586. The molecule has 19 heavy (non-hydrogen) atoms. The van der Waals surface area contributed by atoms with Gasteiger partial charge in [-0.05, 0) is 34.5 Å². The van der Waals surface area contributed by atoms with Crippen LogP contribution in [0.15, 0.2) is 29.0 Å². The zero-order chi connectivity index (χ0) is 14.0. The van der Waals surface area contributed by atoms with Gasteiger partial charge in [0.25, 0.3) is 0 Å². The first kappa shape index (κ1) is 14.5. The molecule has 1 atom stereocenters. The lowest BCUT2D eigenvalue weighted by Gasteiger charge is -2.07. The van der Waals surface area contributed by atoms with Gasteiger partial charge in [0.2, 0.25) is 0 Å². The normalized spacial score (nSPS) is 12.7. The molecule has 0 saturated heterocycles. The summed E-state index contributed by atoms with van der Waals surface area (Å²) in [5.41, 5.74) is 0.826. The van der Waals surface area contributed by atoms with Crippen molar-refractivity contribution in [1.82, 2.24) is 9.78 Å². The number of hydrogen-bond acceptors (Lipinski definition) is 1. The van der Waals surface area contributed by atoms with Crippen LogP contribution in [-0.2, 0) is 6.54 Å². The zero-order valence-corrected chi connectivity index (χ0v) is 12.5. The van der Waals surface area contributed by atoms with Crippen LogP contribution in [0.25, 0.3) is 0 Å². The third-order valence-corrected chi connectivity index (χ3v) is 4.01. The van der Waals surface area contributed by atoms with Crippen LogP contribution in [0.3, 0.4) is 0 Å². The molecule has 1 aromatic heterocycles. The van der Waals surface area contributed by atoms with Crippen LogP contribution in [0.4, 0.5) is 8.78 Å². The highest BCUT2D eigenvalue weighted by molar-refractivity contribution is 9.10. The fourth-order valence-electron chi connectivity index (χ4n) is 1.74. The van der Waals surface area contributed by atoms with E-state index >= 15 is 0 Å². The second-order valence-corrected chi connectivity index (χ2v) is 5.55. The first-order chi connectivity index (χ1) is 9.02. The summed E-state index contributed by atoms with van der Waals surface area (Å²) in [7, 11) is 0. The lowest BCUT2D eigenvalue weighted by atomic mass is 10.2. The molecule has 6 heteroatoms. The minimum absolute atomic E-state index is 0.0216. The number of alkyl halides is 1. The Balaban J connectivity index is 2.27. The van der Waals surface area contributed by atoms with Crippen LogP contribution < -0.4 is 0 Å². The van der Waals surface area contributed by atoms with Gasteiger partial charge in [0, 0.05) is 17.3 Å². The molecule has 1 heterocycles. The van der Waals surface area contributed by atoms with Crippen molar-refractivity contribution in [3.8, 4) is 0 Å². The molecule has 1 unspecified atom stereocenters. The molecule has 0 saturated carbocycles. The number of halogens is 4. The minimum atomic E-state index is -0.602. The number of benzene rings is 1. The van der Waals surface area contributed by atoms with E-state index in [1.54, 1.807) is 12.4 Å². The third-order valence-electron chi connectivity index (χ3n) is 2.83. The van der Waals surface area contributed by atoms with Gasteiger partial charge in [-0.1, -0.05) is 6.92 Å². The Morgan fingerprint density at radius 1 is 1.42 bits per heavy atom. The second kappa shape index (κ2) is 6.01. The molecule has 0 aliphatic rings. The minimum Gasteiger partial charge on any atom is -0.268 e. The molecule has 2 rings (SSSR count). The predicted molar refractivity (Wildman–Crippen MR) is 74.3 cm³/mol. The van der Waals surface area contributed by atoms with Crippen LogP contribution in [0.5, 0.6) is 0 Å². The third kappa shape index (κ3) is 3.15. The molecule has 0 N–H and O–H groups in total. The fraction of sp³-hybridized carbons (Fsp3) is 0.308. The summed E-state index contributed by atoms with van der Waals surface area (Å²) in [5, 5.41) is 3.94. The summed E-state index contributed by atoms with van der Waals surface area (Å²) in [5.74, 6) is -1.19. The molecule has 0 spiro atoms. The van der Waals surface area contributed by atoms with E-state index in [0.29, 0.717) is 0 Å². The molecule has 0 aliphatic heterocycles. The molecule has 0 bridgehead atoms. The van der Waals surface area contributed by atoms with Crippen molar-refractivity contribution < 1.29 is 8.78 Å². The van der Waals surface area contributed by atoms with Gasteiger partial charge in [0.15, 0.2) is 0 Å². The highest BCUT2D eigenvalue weighted by atomic mass is 79.9. The van der Waals surface area contributed by atoms with Gasteiger partial charge in [-0.3, -0.25) is 4.68 Å². The molecule has 0 fully saturated rings. The highest BCUT2D eigenvalue weighted by Gasteiger charge is 2.14. The van der Waals surface area contributed by atoms with Gasteiger partial charge in [0.05, 0.1) is 22.6 Å². The van der Waals surface area contributed by atoms with Crippen molar-refractivity contribution in [2.45, 2.75) is 25.3 Å². The Hall–Kier alpha value is -0.940. The maximum Gasteiger partial charge on any atom is 0.145 e. The van der Waals surface area contributed by atoms with E-state index in [0.717, 1.165) is 12.0 Å². The summed E-state index contributed by atoms with van der Waals surface area (Å²) in [6, 6.07) is 2.57. The van der Waals surface area contributed by atoms with Gasteiger partial charge in [-0.15, -0.1) is 11.6 Å². The van der Waals surface area contributed by atoms with Gasteiger partial charge in [-0.2, -0.15) is 5.10 Å². The first-order valence-electron chi connectivity index (χ1n) is 5.81. The maximum atomic E-state index is 13.8. The van der Waals surface area contributed by atoms with Gasteiger partial charge < -0.3 is 0 Å². The van der Waals surface area contributed by atoms with Crippen molar-refractivity contribution in [3.05, 3.63) is 51.8 Å². The molecule has 0 aliphatic carbocycles. The van der Waals surface area contributed by atoms with E-state index in [4.69, 9.17) is 11.6 Å². The molecule has 2 aromatic rings. The topological polar surface area (TPSA) is 17.8 Å². The van der Waals surface area contributed by atoms with E-state index in [1.165, 1.54) is 16.8 Å². The SMILES string of the molecule is CCC(Cl)c1cnn(Cc2c(F)ccc(Br)c2F)c1. The molecular weight excluding hydrogens is 338 g/mol. The quantitative estimate of drug-likeness (QED) is 0.580. The predicted octanol–water partition coefficient (Wildman–Crippen LogP) is 4.66. The monoisotopic (exact) mass is 348 g/mol. The number of aromatic nitrogens is 2. The summed E-state index contributed by atoms with van der Waals surface area (Å²) < 4.78 is 29.2. The lowest BCUT2D eigenvalue weighted by Crippen LogP contribution is -2.05. The number of rotatable bonds is 4. The summed E-state index contributed by atoms with van der Waals surface area (Å²) >= 11 is 9.13.